The van der Waals surface area contributed by atoms with Gasteiger partial charge in [-0.25, -0.2) is 0 Å². The number of ether oxygens (including phenoxy) is 1. The number of phenols is 1. The molecule has 2 aliphatic carbocycles. The molecule has 1 aromatic carbocycles. The highest BCUT2D eigenvalue weighted by Gasteiger charge is 2.64. The zero-order valence-corrected chi connectivity index (χ0v) is 12.4. The maximum Gasteiger partial charge on any atom is 0.196 e. The summed E-state index contributed by atoms with van der Waals surface area (Å²) in [5, 5.41) is 10.3. The van der Waals surface area contributed by atoms with Crippen molar-refractivity contribution in [2.24, 2.45) is 5.92 Å². The molecule has 0 aromatic heterocycles. The summed E-state index contributed by atoms with van der Waals surface area (Å²) in [4.78, 5) is 14.8. The van der Waals surface area contributed by atoms with Crippen molar-refractivity contribution in [2.75, 3.05) is 19.3 Å². The van der Waals surface area contributed by atoms with Gasteiger partial charge in [-0.1, -0.05) is 6.08 Å². The van der Waals surface area contributed by atoms with Crippen molar-refractivity contribution in [3.05, 3.63) is 29.3 Å². The zero-order chi connectivity index (χ0) is 15.2. The number of aromatic hydroxyl groups is 1. The molecule has 4 aliphatic rings. The molecule has 3 N–H and O–H groups in total. The van der Waals surface area contributed by atoms with E-state index < -0.39 is 6.10 Å². The van der Waals surface area contributed by atoms with Gasteiger partial charge in [-0.15, -0.1) is 0 Å². The second-order valence-electron chi connectivity index (χ2n) is 7.00. The van der Waals surface area contributed by atoms with Crippen LogP contribution in [0.3, 0.4) is 0 Å². The van der Waals surface area contributed by atoms with Gasteiger partial charge in [0.05, 0.1) is 5.41 Å². The first-order chi connectivity index (χ1) is 10.5. The number of hydrogen-bond donors (Lipinski definition) is 2. The molecule has 0 amide bonds. The minimum Gasteiger partial charge on any atom is -0.504 e. The van der Waals surface area contributed by atoms with Crippen LogP contribution in [0.4, 0.5) is 5.69 Å². The first-order valence-corrected chi connectivity index (χ1v) is 7.78. The van der Waals surface area contributed by atoms with Crippen molar-refractivity contribution in [1.82, 2.24) is 4.90 Å². The summed E-state index contributed by atoms with van der Waals surface area (Å²) >= 11 is 0. The molecule has 2 heterocycles. The third-order valence-corrected chi connectivity index (χ3v) is 6.16. The second kappa shape index (κ2) is 3.66. The molecule has 0 saturated carbocycles. The molecular formula is C17H18N2O3. The van der Waals surface area contributed by atoms with Crippen molar-refractivity contribution in [3.63, 3.8) is 0 Å². The quantitative estimate of drug-likeness (QED) is 0.699. The number of nitrogens with two attached hydrogens (primary N) is 1. The largest absolute Gasteiger partial charge is 0.504 e. The fraction of sp³-hybridized carbons (Fsp3) is 0.471. The highest BCUT2D eigenvalue weighted by atomic mass is 16.5. The molecule has 4 atom stereocenters. The van der Waals surface area contributed by atoms with Crippen LogP contribution in [0.25, 0.3) is 0 Å². The number of ketones is 1. The smallest absolute Gasteiger partial charge is 0.196 e. The van der Waals surface area contributed by atoms with E-state index in [1.54, 1.807) is 12.1 Å². The van der Waals surface area contributed by atoms with Crippen LogP contribution in [0.2, 0.25) is 0 Å². The van der Waals surface area contributed by atoms with E-state index in [1.807, 2.05) is 0 Å². The van der Waals surface area contributed by atoms with Gasteiger partial charge in [0, 0.05) is 29.3 Å². The summed E-state index contributed by atoms with van der Waals surface area (Å²) in [5.74, 6) is 0.786. The zero-order valence-electron chi connectivity index (χ0n) is 12.4. The normalized spacial score (nSPS) is 37.9. The van der Waals surface area contributed by atoms with Crippen LogP contribution in [0.1, 0.15) is 17.5 Å². The maximum atomic E-state index is 12.5. The van der Waals surface area contributed by atoms with E-state index in [1.165, 1.54) is 0 Å². The molecule has 1 aromatic rings. The minimum absolute atomic E-state index is 0.00146. The number of rotatable bonds is 0. The highest BCUT2D eigenvalue weighted by molar-refractivity contribution is 5.98. The molecule has 5 rings (SSSR count). The lowest BCUT2D eigenvalue weighted by Crippen LogP contribution is -2.64. The van der Waals surface area contributed by atoms with E-state index in [0.29, 0.717) is 17.5 Å². The Bertz CT molecular complexity index is 757. The first kappa shape index (κ1) is 12.5. The van der Waals surface area contributed by atoms with Gasteiger partial charge < -0.3 is 20.5 Å². The number of benzene rings is 1. The van der Waals surface area contributed by atoms with Crippen LogP contribution in [0.15, 0.2) is 18.2 Å². The number of phenolic OH excluding ortho intramolecular Hbond substituents is 1. The van der Waals surface area contributed by atoms with E-state index in [4.69, 9.17) is 10.5 Å². The van der Waals surface area contributed by atoms with Crippen molar-refractivity contribution >= 4 is 11.5 Å². The van der Waals surface area contributed by atoms with Crippen molar-refractivity contribution in [1.29, 1.82) is 0 Å². The number of likely N-dealkylation sites (N-methyl/N-ethyl adjacent to an activating group) is 1. The monoisotopic (exact) mass is 298 g/mol. The van der Waals surface area contributed by atoms with E-state index in [9.17, 15) is 9.90 Å². The fourth-order valence-electron chi connectivity index (χ4n) is 5.19. The summed E-state index contributed by atoms with van der Waals surface area (Å²) in [6.45, 7) is 0.927. The fourth-order valence-corrected chi connectivity index (χ4v) is 5.19. The Morgan fingerprint density at radius 1 is 1.50 bits per heavy atom. The van der Waals surface area contributed by atoms with Gasteiger partial charge >= 0.3 is 0 Å². The third kappa shape index (κ3) is 1.16. The Kier molecular flexibility index (Phi) is 2.08. The minimum atomic E-state index is -0.513. The van der Waals surface area contributed by atoms with Crippen LogP contribution in [-0.4, -0.2) is 41.5 Å². The Morgan fingerprint density at radius 2 is 2.32 bits per heavy atom. The van der Waals surface area contributed by atoms with E-state index in [-0.39, 0.29) is 22.9 Å². The Hall–Kier alpha value is -2.01. The lowest BCUT2D eigenvalue weighted by Gasteiger charge is -2.55. The molecule has 1 saturated heterocycles. The SMILES string of the molecule is CN1CC[C@]23c4c5c(N)cc(O)c4O[C@H]2C(=O)C=C[C@H]3[C@H]1C5. The third-order valence-electron chi connectivity index (χ3n) is 6.16. The molecular weight excluding hydrogens is 280 g/mol. The van der Waals surface area contributed by atoms with Crippen LogP contribution >= 0.6 is 0 Å². The molecule has 5 nitrogen and oxygen atoms in total. The lowest BCUT2D eigenvalue weighted by atomic mass is 9.53. The summed E-state index contributed by atoms with van der Waals surface area (Å²) in [5.41, 5.74) is 8.52. The molecule has 114 valence electrons. The molecule has 1 spiro atoms. The Labute approximate surface area is 128 Å². The molecule has 2 aliphatic heterocycles. The summed E-state index contributed by atoms with van der Waals surface area (Å²) in [7, 11) is 2.13. The standard InChI is InChI=1S/C17H18N2O3/c1-19-5-4-17-9-2-3-12(20)16(17)22-15-13(21)7-10(18)8(14(15)17)6-11(9)19/h2-3,7,9,11,16,21H,4-6,18H2,1H3/t9-,11+,16-,17-/m0/s1. The van der Waals surface area contributed by atoms with Crippen LogP contribution in [-0.2, 0) is 16.6 Å². The molecule has 2 bridgehead atoms. The van der Waals surface area contributed by atoms with Crippen molar-refractivity contribution < 1.29 is 14.6 Å². The van der Waals surface area contributed by atoms with Gasteiger partial charge in [-0.05, 0) is 38.1 Å². The van der Waals surface area contributed by atoms with Crippen LogP contribution in [0, 0.1) is 5.92 Å². The molecule has 0 unspecified atom stereocenters. The van der Waals surface area contributed by atoms with Crippen molar-refractivity contribution in [3.8, 4) is 11.5 Å². The maximum absolute atomic E-state index is 12.5. The highest BCUT2D eigenvalue weighted by Crippen LogP contribution is 2.62. The average molecular weight is 298 g/mol. The van der Waals surface area contributed by atoms with E-state index >= 15 is 0 Å². The number of carbonyl (C=O) groups excluding carboxylic acids is 1. The summed E-state index contributed by atoms with van der Waals surface area (Å²) in [6, 6.07) is 1.89. The van der Waals surface area contributed by atoms with Gasteiger partial charge in [0.25, 0.3) is 0 Å². The van der Waals surface area contributed by atoms with E-state index in [2.05, 4.69) is 18.0 Å². The number of nitrogens with zero attached hydrogens (tertiary/aromatic N) is 1. The number of piperidine rings is 1. The summed E-state index contributed by atoms with van der Waals surface area (Å²) < 4.78 is 5.99. The average Bonchev–Trinajstić information content (AvgIpc) is 2.83. The topological polar surface area (TPSA) is 75.8 Å². The number of likely N-dealkylation sites (tertiary alicyclic amines) is 1. The number of hydrogen-bond acceptors (Lipinski definition) is 5. The van der Waals surface area contributed by atoms with Gasteiger partial charge in [0.2, 0.25) is 0 Å². The molecule has 5 heteroatoms. The Balaban J connectivity index is 1.89. The van der Waals surface area contributed by atoms with Gasteiger partial charge in [0.1, 0.15) is 0 Å². The second-order valence-corrected chi connectivity index (χ2v) is 7.00. The van der Waals surface area contributed by atoms with Crippen molar-refractivity contribution in [2.45, 2.75) is 30.4 Å². The van der Waals surface area contributed by atoms with Gasteiger partial charge in [0.15, 0.2) is 23.4 Å². The van der Waals surface area contributed by atoms with Gasteiger partial charge in [-0.3, -0.25) is 4.79 Å². The lowest BCUT2D eigenvalue weighted by molar-refractivity contribution is -0.127. The number of anilines is 1. The molecule has 22 heavy (non-hydrogen) atoms. The van der Waals surface area contributed by atoms with Gasteiger partial charge in [-0.2, -0.15) is 0 Å². The van der Waals surface area contributed by atoms with Crippen LogP contribution in [0.5, 0.6) is 11.5 Å². The summed E-state index contributed by atoms with van der Waals surface area (Å²) in [6.07, 6.45) is 4.90. The predicted octanol–water partition coefficient (Wildman–Crippen LogP) is 0.988. The number of nitrogen functional groups attached to an aromatic ring is 1. The molecule has 1 fully saturated rings. The number of carbonyl (C=O) groups is 1. The molecule has 0 radical (unpaired) electrons. The predicted molar refractivity (Wildman–Crippen MR) is 81.0 cm³/mol. The van der Waals surface area contributed by atoms with Crippen LogP contribution < -0.4 is 10.5 Å². The van der Waals surface area contributed by atoms with E-state index in [0.717, 1.165) is 30.5 Å². The first-order valence-electron chi connectivity index (χ1n) is 7.78. The Morgan fingerprint density at radius 3 is 3.14 bits per heavy atom.